The number of carbonyl (C=O) groups is 1. The molecule has 2 aliphatic rings. The van der Waals surface area contributed by atoms with Crippen molar-refractivity contribution in [1.82, 2.24) is 9.47 Å². The summed E-state index contributed by atoms with van der Waals surface area (Å²) in [6.07, 6.45) is 1.69. The number of morpholine rings is 1. The third kappa shape index (κ3) is 5.57. The van der Waals surface area contributed by atoms with Gasteiger partial charge in [0.15, 0.2) is 4.80 Å². The molecule has 0 spiro atoms. The fourth-order valence-corrected chi connectivity index (χ4v) is 6.40. The molecule has 1 aromatic heterocycles. The van der Waals surface area contributed by atoms with Crippen molar-refractivity contribution in [3.05, 3.63) is 99.7 Å². The van der Waals surface area contributed by atoms with Crippen molar-refractivity contribution >= 4 is 46.3 Å². The number of hydrogen-bond acceptors (Lipinski definition) is 8. The Morgan fingerprint density at radius 1 is 1.20 bits per heavy atom. The van der Waals surface area contributed by atoms with Gasteiger partial charge >= 0.3 is 0 Å². The van der Waals surface area contributed by atoms with E-state index in [2.05, 4.69) is 4.90 Å². The van der Waals surface area contributed by atoms with Crippen LogP contribution in [-0.4, -0.2) is 59.7 Å². The molecule has 1 fully saturated rings. The van der Waals surface area contributed by atoms with E-state index in [1.165, 1.54) is 23.5 Å². The Hall–Kier alpha value is -3.80. The minimum Gasteiger partial charge on any atom is -0.378 e. The summed E-state index contributed by atoms with van der Waals surface area (Å²) in [5.74, 6) is -0.182. The number of allylic oxidation sites excluding steroid dienone is 1. The lowest BCUT2D eigenvalue weighted by atomic mass is 9.94. The summed E-state index contributed by atoms with van der Waals surface area (Å²) in [6.45, 7) is 8.99. The van der Waals surface area contributed by atoms with Gasteiger partial charge in [-0.3, -0.25) is 24.3 Å². The Morgan fingerprint density at radius 2 is 1.88 bits per heavy atom. The minimum atomic E-state index is -0.706. The SMILES string of the molecule is CCN(CC)C(=O)C1=C(C)N=c2s/c(=C/c3cc([N+](=O)[O-])ccc3N3CCOCC3)c(=O)n2[C@@H]1c1ccc(Cl)cc1. The number of rotatable bonds is 7. The number of likely N-dealkylation sites (N-methyl/N-ethyl adjacent to an activating group) is 1. The zero-order chi connectivity index (χ0) is 29.3. The molecule has 214 valence electrons. The summed E-state index contributed by atoms with van der Waals surface area (Å²) >= 11 is 7.37. The molecule has 1 atom stereocenters. The average Bonchev–Trinajstić information content (AvgIpc) is 3.27. The van der Waals surface area contributed by atoms with Crippen LogP contribution in [0.1, 0.15) is 37.9 Å². The van der Waals surface area contributed by atoms with Gasteiger partial charge in [-0.05, 0) is 50.6 Å². The number of benzene rings is 2. The number of nitro groups is 1. The van der Waals surface area contributed by atoms with Gasteiger partial charge in [-0.15, -0.1) is 0 Å². The Balaban J connectivity index is 1.72. The molecule has 0 radical (unpaired) electrons. The zero-order valence-corrected chi connectivity index (χ0v) is 24.6. The van der Waals surface area contributed by atoms with Gasteiger partial charge in [0.25, 0.3) is 17.2 Å². The molecule has 0 bridgehead atoms. The van der Waals surface area contributed by atoms with Gasteiger partial charge in [0, 0.05) is 54.6 Å². The van der Waals surface area contributed by atoms with E-state index in [0.717, 1.165) is 11.3 Å². The lowest BCUT2D eigenvalue weighted by molar-refractivity contribution is -0.384. The van der Waals surface area contributed by atoms with E-state index in [1.54, 1.807) is 40.7 Å². The second kappa shape index (κ2) is 12.0. The van der Waals surface area contributed by atoms with Gasteiger partial charge in [0.2, 0.25) is 0 Å². The maximum atomic E-state index is 14.1. The first-order chi connectivity index (χ1) is 19.7. The Morgan fingerprint density at radius 3 is 2.51 bits per heavy atom. The van der Waals surface area contributed by atoms with Crippen LogP contribution in [0.3, 0.4) is 0 Å². The van der Waals surface area contributed by atoms with Crippen LogP contribution in [0, 0.1) is 10.1 Å². The monoisotopic (exact) mass is 595 g/mol. The first-order valence-electron chi connectivity index (χ1n) is 13.4. The summed E-state index contributed by atoms with van der Waals surface area (Å²) in [6, 6.07) is 11.1. The number of anilines is 1. The van der Waals surface area contributed by atoms with E-state index in [0.29, 0.717) is 70.6 Å². The Bertz CT molecular complexity index is 1700. The molecule has 3 aromatic rings. The number of halogens is 1. The number of amides is 1. The maximum Gasteiger partial charge on any atom is 0.271 e. The van der Waals surface area contributed by atoms with E-state index >= 15 is 0 Å². The number of non-ortho nitro benzene ring substituents is 1. The van der Waals surface area contributed by atoms with Crippen molar-refractivity contribution < 1.29 is 14.5 Å². The highest BCUT2D eigenvalue weighted by Crippen LogP contribution is 2.32. The third-order valence-corrected chi connectivity index (χ3v) is 8.58. The second-order valence-corrected chi connectivity index (χ2v) is 11.2. The number of nitrogens with zero attached hydrogens (tertiary/aromatic N) is 5. The van der Waals surface area contributed by atoms with Gasteiger partial charge < -0.3 is 14.5 Å². The van der Waals surface area contributed by atoms with E-state index < -0.39 is 11.0 Å². The van der Waals surface area contributed by atoms with Crippen LogP contribution in [0.15, 0.2) is 63.5 Å². The fraction of sp³-hybridized carbons (Fsp3) is 0.345. The van der Waals surface area contributed by atoms with Crippen molar-refractivity contribution in [2.24, 2.45) is 4.99 Å². The summed E-state index contributed by atoms with van der Waals surface area (Å²) < 4.78 is 7.40. The Kier molecular flexibility index (Phi) is 8.39. The molecule has 2 aromatic carbocycles. The van der Waals surface area contributed by atoms with Crippen molar-refractivity contribution in [2.75, 3.05) is 44.3 Å². The molecule has 41 heavy (non-hydrogen) atoms. The number of nitro benzene ring substituents is 1. The summed E-state index contributed by atoms with van der Waals surface area (Å²) in [7, 11) is 0. The normalized spacial score (nSPS) is 17.3. The van der Waals surface area contributed by atoms with Crippen LogP contribution >= 0.6 is 22.9 Å². The van der Waals surface area contributed by atoms with E-state index in [1.807, 2.05) is 26.0 Å². The average molecular weight is 596 g/mol. The number of ether oxygens (including phenoxy) is 1. The summed E-state index contributed by atoms with van der Waals surface area (Å²) in [5, 5.41) is 12.2. The van der Waals surface area contributed by atoms with Crippen LogP contribution in [0.25, 0.3) is 6.08 Å². The quantitative estimate of drug-likeness (QED) is 0.305. The first kappa shape index (κ1) is 28.7. The molecule has 0 saturated carbocycles. The molecule has 0 aliphatic carbocycles. The smallest absolute Gasteiger partial charge is 0.271 e. The van der Waals surface area contributed by atoms with E-state index in [9.17, 15) is 19.7 Å². The molecule has 12 heteroatoms. The van der Waals surface area contributed by atoms with Crippen LogP contribution in [0.2, 0.25) is 5.02 Å². The largest absolute Gasteiger partial charge is 0.378 e. The van der Waals surface area contributed by atoms with Crippen molar-refractivity contribution in [3.8, 4) is 0 Å². The third-order valence-electron chi connectivity index (χ3n) is 7.35. The standard InChI is InChI=1S/C29H30ClN5O5S/c1-4-32(5-2)28(37)25-18(3)31-29-34(26(25)19-6-8-21(30)9-7-19)27(36)24(41-29)17-20-16-22(35(38)39)10-11-23(20)33-12-14-40-15-13-33/h6-11,16-17,26H,4-5,12-15H2,1-3H3/b24-17+/t26-/m1/s1. The topological polar surface area (TPSA) is 110 Å². The Labute approximate surface area is 245 Å². The molecule has 2 aliphatic heterocycles. The molecule has 0 unspecified atom stereocenters. The number of carbonyl (C=O) groups excluding carboxylic acids is 1. The lowest BCUT2D eigenvalue weighted by Gasteiger charge is -2.30. The highest BCUT2D eigenvalue weighted by Gasteiger charge is 2.34. The van der Waals surface area contributed by atoms with Crippen LogP contribution in [-0.2, 0) is 9.53 Å². The van der Waals surface area contributed by atoms with Gasteiger partial charge in [-0.1, -0.05) is 35.1 Å². The van der Waals surface area contributed by atoms with Crippen molar-refractivity contribution in [1.29, 1.82) is 0 Å². The fourth-order valence-electron chi connectivity index (χ4n) is 5.24. The molecule has 1 saturated heterocycles. The number of thiazole rings is 1. The summed E-state index contributed by atoms with van der Waals surface area (Å²) in [4.78, 5) is 48.0. The molecule has 1 amide bonds. The highest BCUT2D eigenvalue weighted by atomic mass is 35.5. The zero-order valence-electron chi connectivity index (χ0n) is 23.0. The van der Waals surface area contributed by atoms with Crippen LogP contribution in [0.5, 0.6) is 0 Å². The summed E-state index contributed by atoms with van der Waals surface area (Å²) in [5.41, 5.74) is 2.65. The molecule has 10 nitrogen and oxygen atoms in total. The van der Waals surface area contributed by atoms with E-state index in [-0.39, 0.29) is 17.2 Å². The predicted octanol–water partition coefficient (Wildman–Crippen LogP) is 3.50. The minimum absolute atomic E-state index is 0.0666. The number of fused-ring (bicyclic) bond motifs is 1. The van der Waals surface area contributed by atoms with E-state index in [4.69, 9.17) is 21.3 Å². The van der Waals surface area contributed by atoms with Gasteiger partial charge in [0.05, 0.1) is 40.0 Å². The number of hydrogen-bond donors (Lipinski definition) is 0. The number of aromatic nitrogens is 1. The highest BCUT2D eigenvalue weighted by molar-refractivity contribution is 7.07. The lowest BCUT2D eigenvalue weighted by Crippen LogP contribution is -2.43. The van der Waals surface area contributed by atoms with Crippen LogP contribution < -0.4 is 19.8 Å². The second-order valence-electron chi connectivity index (χ2n) is 9.71. The molecule has 0 N–H and O–H groups in total. The first-order valence-corrected chi connectivity index (χ1v) is 14.6. The van der Waals surface area contributed by atoms with Gasteiger partial charge in [-0.2, -0.15) is 0 Å². The van der Waals surface area contributed by atoms with Crippen LogP contribution in [0.4, 0.5) is 11.4 Å². The molecular formula is C29H30ClN5O5S. The molecular weight excluding hydrogens is 566 g/mol. The molecule has 3 heterocycles. The molecule has 5 rings (SSSR count). The van der Waals surface area contributed by atoms with Crippen molar-refractivity contribution in [3.63, 3.8) is 0 Å². The van der Waals surface area contributed by atoms with Crippen molar-refractivity contribution in [2.45, 2.75) is 26.8 Å². The van der Waals surface area contributed by atoms with Gasteiger partial charge in [0.1, 0.15) is 0 Å². The van der Waals surface area contributed by atoms with Gasteiger partial charge in [-0.25, -0.2) is 4.99 Å². The predicted molar refractivity (Wildman–Crippen MR) is 159 cm³/mol. The maximum absolute atomic E-state index is 14.1.